The number of anilines is 1. The quantitative estimate of drug-likeness (QED) is 0.928. The standard InChI is InChI=1S/C19H26N2O2/c1-14(22)21-10-9-16-7-8-18(12-17(16)13-21)20-19(23)11-15-5-3-2-4-6-15/h7-8,12,15H,2-6,9-11,13H2,1H3,(H,20,23). The SMILES string of the molecule is CC(=O)N1CCc2ccc(NC(=O)CC3CCCCC3)cc2C1. The lowest BCUT2D eigenvalue weighted by atomic mass is 9.87. The zero-order chi connectivity index (χ0) is 16.2. The van der Waals surface area contributed by atoms with Crippen LogP contribution >= 0.6 is 0 Å². The van der Waals surface area contributed by atoms with E-state index >= 15 is 0 Å². The van der Waals surface area contributed by atoms with E-state index in [1.807, 2.05) is 17.0 Å². The van der Waals surface area contributed by atoms with E-state index in [4.69, 9.17) is 0 Å². The molecule has 124 valence electrons. The van der Waals surface area contributed by atoms with E-state index in [1.165, 1.54) is 37.7 Å². The third kappa shape index (κ3) is 4.12. The summed E-state index contributed by atoms with van der Waals surface area (Å²) in [5, 5.41) is 3.04. The second-order valence-electron chi connectivity index (χ2n) is 6.93. The summed E-state index contributed by atoms with van der Waals surface area (Å²) in [7, 11) is 0. The highest BCUT2D eigenvalue weighted by atomic mass is 16.2. The molecular formula is C19H26N2O2. The van der Waals surface area contributed by atoms with E-state index in [9.17, 15) is 9.59 Å². The normalized spacial score (nSPS) is 18.4. The van der Waals surface area contributed by atoms with Crippen molar-refractivity contribution < 1.29 is 9.59 Å². The predicted molar refractivity (Wildman–Crippen MR) is 91.1 cm³/mol. The van der Waals surface area contributed by atoms with Gasteiger partial charge in [0.1, 0.15) is 0 Å². The molecule has 0 saturated heterocycles. The van der Waals surface area contributed by atoms with Gasteiger partial charge in [-0.15, -0.1) is 0 Å². The van der Waals surface area contributed by atoms with Crippen LogP contribution < -0.4 is 5.32 Å². The molecule has 1 aliphatic carbocycles. The second kappa shape index (κ2) is 7.16. The lowest BCUT2D eigenvalue weighted by molar-refractivity contribution is -0.129. The summed E-state index contributed by atoms with van der Waals surface area (Å²) >= 11 is 0. The Bertz CT molecular complexity index is 591. The van der Waals surface area contributed by atoms with Crippen molar-refractivity contribution in [2.75, 3.05) is 11.9 Å². The average molecular weight is 314 g/mol. The molecule has 2 amide bonds. The highest BCUT2D eigenvalue weighted by Crippen LogP contribution is 2.27. The van der Waals surface area contributed by atoms with Gasteiger partial charge in [0.2, 0.25) is 11.8 Å². The topological polar surface area (TPSA) is 49.4 Å². The third-order valence-electron chi connectivity index (χ3n) is 5.15. The number of carbonyl (C=O) groups is 2. The smallest absolute Gasteiger partial charge is 0.224 e. The maximum atomic E-state index is 12.2. The molecule has 1 aromatic rings. The van der Waals surface area contributed by atoms with E-state index in [0.717, 1.165) is 24.2 Å². The molecule has 0 unspecified atom stereocenters. The van der Waals surface area contributed by atoms with Gasteiger partial charge in [-0.1, -0.05) is 25.3 Å². The number of nitrogens with one attached hydrogen (secondary N) is 1. The Hall–Kier alpha value is -1.84. The van der Waals surface area contributed by atoms with Gasteiger partial charge in [-0.25, -0.2) is 0 Å². The minimum absolute atomic E-state index is 0.113. The van der Waals surface area contributed by atoms with Gasteiger partial charge < -0.3 is 10.2 Å². The highest BCUT2D eigenvalue weighted by molar-refractivity contribution is 5.91. The molecule has 0 spiro atoms. The molecular weight excluding hydrogens is 288 g/mol. The van der Waals surface area contributed by atoms with Crippen LogP contribution in [0.25, 0.3) is 0 Å². The number of hydrogen-bond acceptors (Lipinski definition) is 2. The second-order valence-corrected chi connectivity index (χ2v) is 6.93. The summed E-state index contributed by atoms with van der Waals surface area (Å²) in [5.74, 6) is 0.785. The number of fused-ring (bicyclic) bond motifs is 1. The van der Waals surface area contributed by atoms with Crippen LogP contribution in [0.15, 0.2) is 18.2 Å². The van der Waals surface area contributed by atoms with Crippen molar-refractivity contribution >= 4 is 17.5 Å². The fraction of sp³-hybridized carbons (Fsp3) is 0.579. The van der Waals surface area contributed by atoms with Crippen molar-refractivity contribution in [3.63, 3.8) is 0 Å². The van der Waals surface area contributed by atoms with Gasteiger partial charge in [-0.05, 0) is 48.4 Å². The van der Waals surface area contributed by atoms with Crippen molar-refractivity contribution in [1.29, 1.82) is 0 Å². The molecule has 1 N–H and O–H groups in total. The molecule has 0 aromatic heterocycles. The summed E-state index contributed by atoms with van der Waals surface area (Å²) in [6.07, 6.45) is 7.74. The van der Waals surface area contributed by atoms with Crippen LogP contribution in [0.1, 0.15) is 56.6 Å². The van der Waals surface area contributed by atoms with Gasteiger partial charge in [0.15, 0.2) is 0 Å². The molecule has 4 nitrogen and oxygen atoms in total. The lowest BCUT2D eigenvalue weighted by Gasteiger charge is -2.28. The Balaban J connectivity index is 1.61. The molecule has 1 heterocycles. The molecule has 1 aromatic carbocycles. The minimum Gasteiger partial charge on any atom is -0.338 e. The predicted octanol–water partition coefficient (Wildman–Crippen LogP) is 3.50. The van der Waals surface area contributed by atoms with Crippen LogP contribution in [0.2, 0.25) is 0 Å². The number of benzene rings is 1. The largest absolute Gasteiger partial charge is 0.338 e. The lowest BCUT2D eigenvalue weighted by Crippen LogP contribution is -2.34. The summed E-state index contributed by atoms with van der Waals surface area (Å²) in [6, 6.07) is 6.10. The fourth-order valence-electron chi connectivity index (χ4n) is 3.77. The monoisotopic (exact) mass is 314 g/mol. The van der Waals surface area contributed by atoms with E-state index in [1.54, 1.807) is 6.92 Å². The van der Waals surface area contributed by atoms with Gasteiger partial charge >= 0.3 is 0 Å². The first-order valence-corrected chi connectivity index (χ1v) is 8.79. The Labute approximate surface area is 138 Å². The molecule has 2 aliphatic rings. The summed E-state index contributed by atoms with van der Waals surface area (Å²) in [5.41, 5.74) is 3.30. The van der Waals surface area contributed by atoms with Crippen LogP contribution in [0.3, 0.4) is 0 Å². The van der Waals surface area contributed by atoms with Gasteiger partial charge in [0.25, 0.3) is 0 Å². The van der Waals surface area contributed by atoms with Crippen LogP contribution in [-0.4, -0.2) is 23.3 Å². The number of rotatable bonds is 3. The van der Waals surface area contributed by atoms with Crippen molar-refractivity contribution in [3.8, 4) is 0 Å². The Morgan fingerprint density at radius 3 is 2.70 bits per heavy atom. The first kappa shape index (κ1) is 16.0. The van der Waals surface area contributed by atoms with E-state index in [0.29, 0.717) is 18.9 Å². The number of carbonyl (C=O) groups excluding carboxylic acids is 2. The molecule has 1 saturated carbocycles. The number of hydrogen-bond donors (Lipinski definition) is 1. The summed E-state index contributed by atoms with van der Waals surface area (Å²) in [6.45, 7) is 3.05. The highest BCUT2D eigenvalue weighted by Gasteiger charge is 2.20. The van der Waals surface area contributed by atoms with Gasteiger partial charge in [0.05, 0.1) is 0 Å². The van der Waals surface area contributed by atoms with Crippen molar-refractivity contribution in [3.05, 3.63) is 29.3 Å². The summed E-state index contributed by atoms with van der Waals surface area (Å²) in [4.78, 5) is 25.7. The molecule has 4 heteroatoms. The molecule has 1 fully saturated rings. The van der Waals surface area contributed by atoms with Gasteiger partial charge in [-0.2, -0.15) is 0 Å². The molecule has 3 rings (SSSR count). The minimum atomic E-state index is 0.113. The van der Waals surface area contributed by atoms with E-state index in [2.05, 4.69) is 11.4 Å². The van der Waals surface area contributed by atoms with Crippen LogP contribution in [0, 0.1) is 5.92 Å². The van der Waals surface area contributed by atoms with Crippen molar-refractivity contribution in [1.82, 2.24) is 4.90 Å². The first-order valence-electron chi connectivity index (χ1n) is 8.79. The van der Waals surface area contributed by atoms with Crippen LogP contribution in [0.4, 0.5) is 5.69 Å². The molecule has 0 radical (unpaired) electrons. The molecule has 23 heavy (non-hydrogen) atoms. The fourth-order valence-corrected chi connectivity index (χ4v) is 3.77. The molecule has 0 bridgehead atoms. The zero-order valence-electron chi connectivity index (χ0n) is 13.9. The van der Waals surface area contributed by atoms with E-state index in [-0.39, 0.29) is 11.8 Å². The maximum absolute atomic E-state index is 12.2. The summed E-state index contributed by atoms with van der Waals surface area (Å²) < 4.78 is 0. The van der Waals surface area contributed by atoms with Crippen molar-refractivity contribution in [2.24, 2.45) is 5.92 Å². The first-order chi connectivity index (χ1) is 11.1. The van der Waals surface area contributed by atoms with Gasteiger partial charge in [-0.3, -0.25) is 9.59 Å². The Kier molecular flexibility index (Phi) is 4.99. The van der Waals surface area contributed by atoms with Crippen molar-refractivity contribution in [2.45, 2.75) is 58.4 Å². The third-order valence-corrected chi connectivity index (χ3v) is 5.15. The van der Waals surface area contributed by atoms with Crippen LogP contribution in [-0.2, 0) is 22.6 Å². The van der Waals surface area contributed by atoms with E-state index < -0.39 is 0 Å². The molecule has 1 aliphatic heterocycles. The average Bonchev–Trinajstić information content (AvgIpc) is 2.55. The maximum Gasteiger partial charge on any atom is 0.224 e. The number of amides is 2. The molecule has 0 atom stereocenters. The Morgan fingerprint density at radius 2 is 1.96 bits per heavy atom. The van der Waals surface area contributed by atoms with Gasteiger partial charge in [0, 0.05) is 32.1 Å². The number of nitrogens with zero attached hydrogens (tertiary/aromatic N) is 1. The Morgan fingerprint density at radius 1 is 1.17 bits per heavy atom. The van der Waals surface area contributed by atoms with Crippen LogP contribution in [0.5, 0.6) is 0 Å². The zero-order valence-corrected chi connectivity index (χ0v) is 13.9.